The molecule has 0 bridgehead atoms. The fourth-order valence-electron chi connectivity index (χ4n) is 2.44. The van der Waals surface area contributed by atoms with Crippen LogP contribution in [0.3, 0.4) is 0 Å². The number of anilines is 1. The van der Waals surface area contributed by atoms with Crippen LogP contribution in [0.4, 0.5) is 5.00 Å². The van der Waals surface area contributed by atoms with Gasteiger partial charge in [0.1, 0.15) is 21.8 Å². The van der Waals surface area contributed by atoms with Gasteiger partial charge in [0.2, 0.25) is 0 Å². The van der Waals surface area contributed by atoms with Gasteiger partial charge in [-0.2, -0.15) is 5.26 Å². The van der Waals surface area contributed by atoms with Gasteiger partial charge in [0, 0.05) is 12.4 Å². The quantitative estimate of drug-likeness (QED) is 0.463. The first-order valence-corrected chi connectivity index (χ1v) is 9.86. The van der Waals surface area contributed by atoms with Crippen LogP contribution in [0.5, 0.6) is 0 Å². The van der Waals surface area contributed by atoms with Crippen molar-refractivity contribution in [3.8, 4) is 16.6 Å². The molecule has 0 fully saturated rings. The van der Waals surface area contributed by atoms with Crippen LogP contribution in [0.2, 0.25) is 0 Å². The Morgan fingerprint density at radius 3 is 2.75 bits per heavy atom. The van der Waals surface area contributed by atoms with Gasteiger partial charge in [-0.05, 0) is 47.4 Å². The van der Waals surface area contributed by atoms with E-state index in [4.69, 9.17) is 4.42 Å². The first kappa shape index (κ1) is 17.9. The smallest absolute Gasteiger partial charge is 0.292 e. The van der Waals surface area contributed by atoms with Crippen LogP contribution in [-0.4, -0.2) is 15.9 Å². The molecule has 0 aromatic carbocycles. The molecule has 0 aliphatic rings. The van der Waals surface area contributed by atoms with Crippen molar-refractivity contribution in [2.24, 2.45) is 0 Å². The topological polar surface area (TPSA) is 91.8 Å². The summed E-state index contributed by atoms with van der Waals surface area (Å²) in [5.74, 6) is -0.158. The van der Waals surface area contributed by atoms with Crippen molar-refractivity contribution in [1.82, 2.24) is 9.97 Å². The molecular weight excluding hydrogens is 392 g/mol. The number of allylic oxidation sites excluding steroid dienone is 1. The van der Waals surface area contributed by atoms with Crippen molar-refractivity contribution in [3.05, 3.63) is 76.8 Å². The van der Waals surface area contributed by atoms with E-state index in [0.717, 1.165) is 10.4 Å². The minimum Gasteiger partial charge on any atom is -0.459 e. The Hall–Kier alpha value is -3.54. The number of nitrogens with zero attached hydrogens (tertiary/aromatic N) is 3. The second kappa shape index (κ2) is 8.00. The monoisotopic (exact) mass is 404 g/mol. The van der Waals surface area contributed by atoms with Crippen molar-refractivity contribution in [1.29, 1.82) is 5.26 Å². The van der Waals surface area contributed by atoms with E-state index in [2.05, 4.69) is 21.4 Å². The number of thiazole rings is 1. The molecular formula is C20H12N4O2S2. The number of hydrogen-bond donors (Lipinski definition) is 1. The Bertz CT molecular complexity index is 1160. The Morgan fingerprint density at radius 1 is 1.21 bits per heavy atom. The fourth-order valence-corrected chi connectivity index (χ4v) is 4.17. The van der Waals surface area contributed by atoms with Crippen molar-refractivity contribution in [3.63, 3.8) is 0 Å². The highest BCUT2D eigenvalue weighted by Crippen LogP contribution is 2.38. The van der Waals surface area contributed by atoms with Crippen LogP contribution in [0.15, 0.2) is 64.9 Å². The predicted octanol–water partition coefficient (Wildman–Crippen LogP) is 5.18. The Kier molecular flexibility index (Phi) is 5.10. The molecule has 8 heteroatoms. The minimum absolute atomic E-state index is 0.208. The molecule has 0 aliphatic carbocycles. The standard InChI is InChI=1S/C20H12N4O2S2/c21-12-14(11-13-5-7-22-8-6-13)19-23-17(16-4-2-10-27-16)20(28-19)24-18(25)15-3-1-9-26-15/h1-11H,(H,24,25)/b14-11+. The molecule has 4 aromatic heterocycles. The van der Waals surface area contributed by atoms with Gasteiger partial charge in [-0.25, -0.2) is 4.98 Å². The number of rotatable bonds is 5. The molecule has 0 unspecified atom stereocenters. The van der Waals surface area contributed by atoms with Gasteiger partial charge in [-0.15, -0.1) is 11.3 Å². The number of carbonyl (C=O) groups is 1. The maximum Gasteiger partial charge on any atom is 0.292 e. The molecule has 0 atom stereocenters. The number of nitriles is 1. The van der Waals surface area contributed by atoms with E-state index in [-0.39, 0.29) is 11.7 Å². The number of pyridine rings is 1. The third-order valence-corrected chi connectivity index (χ3v) is 5.60. The molecule has 0 spiro atoms. The Morgan fingerprint density at radius 2 is 2.07 bits per heavy atom. The predicted molar refractivity (Wildman–Crippen MR) is 110 cm³/mol. The van der Waals surface area contributed by atoms with E-state index < -0.39 is 0 Å². The Labute approximate surface area is 168 Å². The largest absolute Gasteiger partial charge is 0.459 e. The van der Waals surface area contributed by atoms with Crippen molar-refractivity contribution in [2.45, 2.75) is 0 Å². The second-order valence-electron chi connectivity index (χ2n) is 5.56. The molecule has 1 amide bonds. The number of thiophene rings is 1. The molecule has 4 rings (SSSR count). The number of hydrogen-bond acceptors (Lipinski definition) is 7. The van der Waals surface area contributed by atoms with Gasteiger partial charge < -0.3 is 9.73 Å². The zero-order chi connectivity index (χ0) is 19.3. The van der Waals surface area contributed by atoms with Gasteiger partial charge in [-0.3, -0.25) is 9.78 Å². The van der Waals surface area contributed by atoms with Gasteiger partial charge in [0.25, 0.3) is 5.91 Å². The molecule has 1 N–H and O–H groups in total. The lowest BCUT2D eigenvalue weighted by atomic mass is 10.2. The number of amides is 1. The second-order valence-corrected chi connectivity index (χ2v) is 7.50. The number of aromatic nitrogens is 2. The summed E-state index contributed by atoms with van der Waals surface area (Å²) in [5.41, 5.74) is 1.89. The van der Waals surface area contributed by atoms with Crippen LogP contribution in [-0.2, 0) is 0 Å². The van der Waals surface area contributed by atoms with Crippen molar-refractivity contribution in [2.75, 3.05) is 5.32 Å². The molecule has 28 heavy (non-hydrogen) atoms. The van der Waals surface area contributed by atoms with Gasteiger partial charge in [-0.1, -0.05) is 17.4 Å². The van der Waals surface area contributed by atoms with Gasteiger partial charge in [0.05, 0.1) is 16.7 Å². The average molecular weight is 404 g/mol. The highest BCUT2D eigenvalue weighted by atomic mass is 32.1. The Balaban J connectivity index is 1.74. The molecule has 0 saturated carbocycles. The molecule has 0 aliphatic heterocycles. The SMILES string of the molecule is N#C/C(=C\c1ccncc1)c1nc(-c2cccs2)c(NC(=O)c2ccco2)s1. The zero-order valence-electron chi connectivity index (χ0n) is 14.3. The molecule has 0 saturated heterocycles. The van der Waals surface area contributed by atoms with Crippen LogP contribution in [0.25, 0.3) is 22.2 Å². The van der Waals surface area contributed by atoms with Crippen LogP contribution >= 0.6 is 22.7 Å². The average Bonchev–Trinajstić information content (AvgIpc) is 3.48. The van der Waals surface area contributed by atoms with Crippen LogP contribution in [0, 0.1) is 11.3 Å². The summed E-state index contributed by atoms with van der Waals surface area (Å²) in [6, 6.07) is 12.9. The molecule has 4 heterocycles. The number of furan rings is 1. The summed E-state index contributed by atoms with van der Waals surface area (Å²) in [7, 11) is 0. The van der Waals surface area contributed by atoms with Crippen LogP contribution in [0.1, 0.15) is 21.1 Å². The van der Waals surface area contributed by atoms with Gasteiger partial charge in [0.15, 0.2) is 5.76 Å². The zero-order valence-corrected chi connectivity index (χ0v) is 16.0. The summed E-state index contributed by atoms with van der Waals surface area (Å²) in [5, 5.41) is 15.5. The first-order valence-electron chi connectivity index (χ1n) is 8.16. The van der Waals surface area contributed by atoms with E-state index in [9.17, 15) is 10.1 Å². The lowest BCUT2D eigenvalue weighted by Crippen LogP contribution is -2.10. The molecule has 4 aromatic rings. The van der Waals surface area contributed by atoms with Gasteiger partial charge >= 0.3 is 0 Å². The highest BCUT2D eigenvalue weighted by molar-refractivity contribution is 7.18. The third kappa shape index (κ3) is 3.76. The molecule has 136 valence electrons. The van der Waals surface area contributed by atoms with Crippen LogP contribution < -0.4 is 5.32 Å². The molecule has 6 nitrogen and oxygen atoms in total. The summed E-state index contributed by atoms with van der Waals surface area (Å²) in [6.07, 6.45) is 6.51. The molecule has 0 radical (unpaired) electrons. The summed E-state index contributed by atoms with van der Waals surface area (Å²) < 4.78 is 5.16. The highest BCUT2D eigenvalue weighted by Gasteiger charge is 2.20. The summed E-state index contributed by atoms with van der Waals surface area (Å²) in [6.45, 7) is 0. The minimum atomic E-state index is -0.366. The van der Waals surface area contributed by atoms with E-state index in [0.29, 0.717) is 21.3 Å². The number of nitrogens with one attached hydrogen (secondary N) is 1. The summed E-state index contributed by atoms with van der Waals surface area (Å²) >= 11 is 2.76. The lowest BCUT2D eigenvalue weighted by molar-refractivity contribution is 0.0997. The first-order chi connectivity index (χ1) is 13.7. The van der Waals surface area contributed by atoms with E-state index in [1.807, 2.05) is 29.6 Å². The van der Waals surface area contributed by atoms with E-state index in [1.165, 1.54) is 28.9 Å². The normalized spacial score (nSPS) is 11.2. The van der Waals surface area contributed by atoms with Crippen molar-refractivity contribution < 1.29 is 9.21 Å². The fraction of sp³-hybridized carbons (Fsp3) is 0. The van der Waals surface area contributed by atoms with Crippen molar-refractivity contribution >= 4 is 45.2 Å². The number of carbonyl (C=O) groups excluding carboxylic acids is 1. The van der Waals surface area contributed by atoms with E-state index in [1.54, 1.807) is 30.6 Å². The third-order valence-electron chi connectivity index (χ3n) is 3.72. The lowest BCUT2D eigenvalue weighted by Gasteiger charge is -2.01. The maximum absolute atomic E-state index is 12.4. The maximum atomic E-state index is 12.4. The van der Waals surface area contributed by atoms with E-state index >= 15 is 0 Å². The summed E-state index contributed by atoms with van der Waals surface area (Å²) in [4.78, 5) is 21.9.